The van der Waals surface area contributed by atoms with Crippen molar-refractivity contribution in [1.29, 1.82) is 0 Å². The minimum Gasteiger partial charge on any atom is -0.394 e. The lowest BCUT2D eigenvalue weighted by Crippen LogP contribution is -2.45. The fraction of sp³-hybridized carbons (Fsp3) is 1.00. The van der Waals surface area contributed by atoms with E-state index in [0.717, 1.165) is 0 Å². The van der Waals surface area contributed by atoms with Crippen molar-refractivity contribution >= 4 is 0 Å². The fourth-order valence-corrected chi connectivity index (χ4v) is 0.512. The summed E-state index contributed by atoms with van der Waals surface area (Å²) in [4.78, 5) is 0. The molecule has 0 unspecified atom stereocenters. The second kappa shape index (κ2) is 4.60. The Bertz CT molecular complexity index is 105. The van der Waals surface area contributed by atoms with Crippen molar-refractivity contribution in [3.8, 4) is 0 Å². The quantitative estimate of drug-likeness (QED) is 0.241. The Morgan fingerprint density at radius 1 is 0.818 bits per heavy atom. The van der Waals surface area contributed by atoms with Gasteiger partial charge in [0.1, 0.15) is 18.3 Å². The lowest BCUT2D eigenvalue weighted by molar-refractivity contribution is -0.180. The molecule has 0 saturated heterocycles. The number of hydrogen-bond acceptors (Lipinski definition) is 6. The van der Waals surface area contributed by atoms with Crippen LogP contribution < -0.4 is 0 Å². The SMILES string of the molecule is OC[C@@H](O)[C@@H](O)[C@H](O)C(O)O. The second-order valence-corrected chi connectivity index (χ2v) is 2.14. The topological polar surface area (TPSA) is 121 Å². The highest BCUT2D eigenvalue weighted by Gasteiger charge is 2.28. The Morgan fingerprint density at radius 2 is 1.27 bits per heavy atom. The Kier molecular flexibility index (Phi) is 4.50. The smallest absolute Gasteiger partial charge is 0.180 e. The zero-order valence-corrected chi connectivity index (χ0v) is 5.70. The highest BCUT2D eigenvalue weighted by Crippen LogP contribution is 2.02. The molecule has 0 aliphatic carbocycles. The summed E-state index contributed by atoms with van der Waals surface area (Å²) in [7, 11) is 0. The number of aliphatic hydroxyl groups excluding tert-OH is 5. The maximum atomic E-state index is 8.78. The summed E-state index contributed by atoms with van der Waals surface area (Å²) in [5.41, 5.74) is 0. The number of rotatable bonds is 4. The van der Waals surface area contributed by atoms with Gasteiger partial charge in [0.15, 0.2) is 6.29 Å². The van der Waals surface area contributed by atoms with Crippen molar-refractivity contribution in [2.45, 2.75) is 24.6 Å². The van der Waals surface area contributed by atoms with Gasteiger partial charge < -0.3 is 30.6 Å². The van der Waals surface area contributed by atoms with E-state index in [2.05, 4.69) is 0 Å². The molecule has 0 heterocycles. The van der Waals surface area contributed by atoms with Crippen LogP contribution in [0.4, 0.5) is 0 Å². The molecule has 0 aromatic heterocycles. The van der Waals surface area contributed by atoms with Crippen molar-refractivity contribution in [2.75, 3.05) is 6.61 Å². The number of aliphatic hydroxyl groups is 6. The molecule has 0 amide bonds. The third-order valence-electron chi connectivity index (χ3n) is 1.24. The Hall–Kier alpha value is -0.240. The maximum absolute atomic E-state index is 8.78. The average molecular weight is 168 g/mol. The van der Waals surface area contributed by atoms with E-state index in [9.17, 15) is 0 Å². The van der Waals surface area contributed by atoms with Crippen LogP contribution in [0.1, 0.15) is 0 Å². The largest absolute Gasteiger partial charge is 0.394 e. The first-order chi connectivity index (χ1) is 5.00. The van der Waals surface area contributed by atoms with Crippen LogP contribution in [0.5, 0.6) is 0 Å². The Labute approximate surface area is 63.0 Å². The highest BCUT2D eigenvalue weighted by molar-refractivity contribution is 4.75. The molecule has 0 aliphatic rings. The molecule has 6 N–H and O–H groups in total. The molecule has 0 aliphatic heterocycles. The van der Waals surface area contributed by atoms with Crippen molar-refractivity contribution in [3.05, 3.63) is 0 Å². The van der Waals surface area contributed by atoms with Gasteiger partial charge >= 0.3 is 0 Å². The van der Waals surface area contributed by atoms with Crippen molar-refractivity contribution in [2.24, 2.45) is 0 Å². The van der Waals surface area contributed by atoms with Crippen LogP contribution in [0, 0.1) is 0 Å². The minimum absolute atomic E-state index is 0.759. The first-order valence-corrected chi connectivity index (χ1v) is 3.02. The molecule has 0 aromatic rings. The first kappa shape index (κ1) is 10.8. The molecule has 0 spiro atoms. The fourth-order valence-electron chi connectivity index (χ4n) is 0.512. The van der Waals surface area contributed by atoms with E-state index >= 15 is 0 Å². The molecule has 6 heteroatoms. The van der Waals surface area contributed by atoms with Crippen LogP contribution in [0.15, 0.2) is 0 Å². The summed E-state index contributed by atoms with van der Waals surface area (Å²) in [6, 6.07) is 0. The normalized spacial score (nSPS) is 19.9. The van der Waals surface area contributed by atoms with Gasteiger partial charge in [-0.1, -0.05) is 0 Å². The molecule has 0 saturated carbocycles. The van der Waals surface area contributed by atoms with Crippen LogP contribution in [0.25, 0.3) is 0 Å². The Balaban J connectivity index is 3.90. The van der Waals surface area contributed by atoms with Gasteiger partial charge in [0.25, 0.3) is 0 Å². The van der Waals surface area contributed by atoms with Crippen LogP contribution in [-0.2, 0) is 0 Å². The predicted molar refractivity (Wildman–Crippen MR) is 33.3 cm³/mol. The molecule has 68 valence electrons. The molecule has 0 radical (unpaired) electrons. The molecular formula is C5H12O6. The molecule has 0 aromatic carbocycles. The van der Waals surface area contributed by atoms with E-state index < -0.39 is 31.2 Å². The predicted octanol–water partition coefficient (Wildman–Crippen LogP) is -3.63. The van der Waals surface area contributed by atoms with Gasteiger partial charge in [0.05, 0.1) is 6.61 Å². The van der Waals surface area contributed by atoms with E-state index in [1.54, 1.807) is 0 Å². The van der Waals surface area contributed by atoms with Crippen molar-refractivity contribution in [1.82, 2.24) is 0 Å². The van der Waals surface area contributed by atoms with Crippen LogP contribution in [-0.4, -0.2) is 61.8 Å². The summed E-state index contributed by atoms with van der Waals surface area (Å²) >= 11 is 0. The van der Waals surface area contributed by atoms with E-state index in [1.165, 1.54) is 0 Å². The highest BCUT2D eigenvalue weighted by atomic mass is 16.5. The van der Waals surface area contributed by atoms with Gasteiger partial charge in [-0.05, 0) is 0 Å². The second-order valence-electron chi connectivity index (χ2n) is 2.14. The molecule has 6 nitrogen and oxygen atoms in total. The third kappa shape index (κ3) is 3.10. The van der Waals surface area contributed by atoms with Gasteiger partial charge in [-0.25, -0.2) is 0 Å². The lowest BCUT2D eigenvalue weighted by atomic mass is 10.1. The summed E-state index contributed by atoms with van der Waals surface area (Å²) in [6.45, 7) is -0.759. The minimum atomic E-state index is -2.13. The maximum Gasteiger partial charge on any atom is 0.180 e. The molecule has 3 atom stereocenters. The van der Waals surface area contributed by atoms with Gasteiger partial charge in [-0.2, -0.15) is 0 Å². The number of hydrogen-bond donors (Lipinski definition) is 6. The summed E-state index contributed by atoms with van der Waals surface area (Å²) in [6.07, 6.45) is -7.35. The molecule has 0 rings (SSSR count). The van der Waals surface area contributed by atoms with Crippen molar-refractivity contribution < 1.29 is 30.6 Å². The zero-order valence-electron chi connectivity index (χ0n) is 5.70. The Morgan fingerprint density at radius 3 is 1.55 bits per heavy atom. The first-order valence-electron chi connectivity index (χ1n) is 3.02. The van der Waals surface area contributed by atoms with Gasteiger partial charge in [0, 0.05) is 0 Å². The van der Waals surface area contributed by atoms with Gasteiger partial charge in [0.2, 0.25) is 0 Å². The molecule has 0 fully saturated rings. The molecule has 0 bridgehead atoms. The monoisotopic (exact) mass is 168 g/mol. The van der Waals surface area contributed by atoms with Crippen LogP contribution >= 0.6 is 0 Å². The van der Waals surface area contributed by atoms with E-state index in [1.807, 2.05) is 0 Å². The van der Waals surface area contributed by atoms with Gasteiger partial charge in [-0.3, -0.25) is 0 Å². The summed E-state index contributed by atoms with van der Waals surface area (Å²) in [5, 5.41) is 50.9. The zero-order chi connectivity index (χ0) is 9.02. The molecular weight excluding hydrogens is 156 g/mol. The van der Waals surface area contributed by atoms with Gasteiger partial charge in [-0.15, -0.1) is 0 Å². The van der Waals surface area contributed by atoms with Crippen LogP contribution in [0.3, 0.4) is 0 Å². The molecule has 11 heavy (non-hydrogen) atoms. The van der Waals surface area contributed by atoms with E-state index in [4.69, 9.17) is 30.6 Å². The van der Waals surface area contributed by atoms with E-state index in [-0.39, 0.29) is 0 Å². The average Bonchev–Trinajstić information content (AvgIpc) is 2.00. The van der Waals surface area contributed by atoms with E-state index in [0.29, 0.717) is 0 Å². The van der Waals surface area contributed by atoms with Crippen LogP contribution in [0.2, 0.25) is 0 Å². The lowest BCUT2D eigenvalue weighted by Gasteiger charge is -2.22. The standard InChI is InChI=1S/C5H12O6/c6-1-2(7)3(8)4(9)5(10)11/h2-11H,1H2/t2-,3-,4+/m1/s1. The summed E-state index contributed by atoms with van der Waals surface area (Å²) < 4.78 is 0. The van der Waals surface area contributed by atoms with Crippen molar-refractivity contribution in [3.63, 3.8) is 0 Å². The third-order valence-corrected chi connectivity index (χ3v) is 1.24. The summed E-state index contributed by atoms with van der Waals surface area (Å²) in [5.74, 6) is 0.